The van der Waals surface area contributed by atoms with E-state index in [0.717, 1.165) is 5.52 Å². The zero-order valence-corrected chi connectivity index (χ0v) is 9.08. The van der Waals surface area contributed by atoms with Crippen molar-refractivity contribution in [2.75, 3.05) is 0 Å². The Morgan fingerprint density at radius 3 is 2.88 bits per heavy atom. The lowest BCUT2D eigenvalue weighted by Crippen LogP contribution is -2.18. The van der Waals surface area contributed by atoms with Crippen LogP contribution in [-0.2, 0) is 7.05 Å². The third-order valence-corrected chi connectivity index (χ3v) is 2.84. The average molecular weight is 224 g/mol. The molecule has 0 bridgehead atoms. The molecule has 5 nitrogen and oxygen atoms in total. The highest BCUT2D eigenvalue weighted by atomic mass is 16.1. The summed E-state index contributed by atoms with van der Waals surface area (Å²) in [6.07, 6.45) is 0. The molecule has 0 aliphatic heterocycles. The van der Waals surface area contributed by atoms with Crippen molar-refractivity contribution in [1.29, 1.82) is 5.26 Å². The van der Waals surface area contributed by atoms with Gasteiger partial charge in [-0.1, -0.05) is 12.1 Å². The van der Waals surface area contributed by atoms with Gasteiger partial charge in [-0.2, -0.15) is 14.9 Å². The van der Waals surface area contributed by atoms with Gasteiger partial charge in [-0.3, -0.25) is 4.79 Å². The zero-order valence-electron chi connectivity index (χ0n) is 9.08. The van der Waals surface area contributed by atoms with Gasteiger partial charge in [0.15, 0.2) is 5.69 Å². The van der Waals surface area contributed by atoms with Crippen molar-refractivity contribution in [3.8, 4) is 6.07 Å². The molecule has 0 aliphatic rings. The van der Waals surface area contributed by atoms with Crippen LogP contribution < -0.4 is 5.56 Å². The molecule has 3 aromatic rings. The molecule has 2 heterocycles. The minimum atomic E-state index is -0.199. The fraction of sp³-hybridized carbons (Fsp3) is 0.0833. The van der Waals surface area contributed by atoms with Crippen molar-refractivity contribution in [3.63, 3.8) is 0 Å². The summed E-state index contributed by atoms with van der Waals surface area (Å²) in [5.41, 5.74) is 1.49. The van der Waals surface area contributed by atoms with Crippen LogP contribution >= 0.6 is 0 Å². The van der Waals surface area contributed by atoms with Crippen LogP contribution in [0.2, 0.25) is 0 Å². The predicted octanol–water partition coefficient (Wildman–Crippen LogP) is 1.06. The number of aryl methyl sites for hydroxylation is 1. The fourth-order valence-corrected chi connectivity index (χ4v) is 2.00. The molecule has 3 rings (SSSR count). The number of hydrogen-bond acceptors (Lipinski definition) is 3. The molecule has 0 fully saturated rings. The van der Waals surface area contributed by atoms with Gasteiger partial charge in [-0.15, -0.1) is 0 Å². The van der Waals surface area contributed by atoms with E-state index < -0.39 is 0 Å². The Morgan fingerprint density at radius 2 is 2.12 bits per heavy atom. The lowest BCUT2D eigenvalue weighted by Gasteiger charge is -2.06. The molecule has 0 saturated heterocycles. The minimum Gasteiger partial charge on any atom is -0.328 e. The Labute approximate surface area is 96.1 Å². The fourth-order valence-electron chi connectivity index (χ4n) is 2.00. The average Bonchev–Trinajstić information content (AvgIpc) is 2.80. The largest absolute Gasteiger partial charge is 0.328 e. The molecule has 0 amide bonds. The van der Waals surface area contributed by atoms with Gasteiger partial charge < -0.3 is 4.57 Å². The number of fused-ring (bicyclic) bond motifs is 2. The van der Waals surface area contributed by atoms with Gasteiger partial charge in [0.1, 0.15) is 11.7 Å². The van der Waals surface area contributed by atoms with Crippen LogP contribution in [0.25, 0.3) is 16.6 Å². The first-order valence-electron chi connectivity index (χ1n) is 5.10. The van der Waals surface area contributed by atoms with Gasteiger partial charge in [-0.25, -0.2) is 0 Å². The molecule has 82 valence electrons. The third-order valence-electron chi connectivity index (χ3n) is 2.84. The minimum absolute atomic E-state index is 0.199. The third kappa shape index (κ3) is 1.18. The second-order valence-electron chi connectivity index (χ2n) is 3.79. The Hall–Kier alpha value is -2.61. The number of rotatable bonds is 0. The SMILES string of the molecule is Cn1c2ccccc2c(=O)n2nc(C#N)cc12. The maximum absolute atomic E-state index is 12.1. The maximum atomic E-state index is 12.1. The van der Waals surface area contributed by atoms with Crippen molar-refractivity contribution in [1.82, 2.24) is 14.2 Å². The van der Waals surface area contributed by atoms with E-state index in [9.17, 15) is 4.79 Å². The number of hydrogen-bond donors (Lipinski definition) is 0. The summed E-state index contributed by atoms with van der Waals surface area (Å²) in [4.78, 5) is 12.1. The number of aromatic nitrogens is 3. The highest BCUT2D eigenvalue weighted by Gasteiger charge is 2.10. The van der Waals surface area contributed by atoms with Crippen LogP contribution in [0, 0.1) is 11.3 Å². The summed E-state index contributed by atoms with van der Waals surface area (Å²) >= 11 is 0. The smallest absolute Gasteiger partial charge is 0.282 e. The first-order valence-corrected chi connectivity index (χ1v) is 5.10. The summed E-state index contributed by atoms with van der Waals surface area (Å²) in [5, 5.41) is 13.4. The van der Waals surface area contributed by atoms with E-state index in [1.54, 1.807) is 12.1 Å². The molecule has 5 heteroatoms. The van der Waals surface area contributed by atoms with E-state index in [-0.39, 0.29) is 11.3 Å². The number of nitriles is 1. The van der Waals surface area contributed by atoms with E-state index >= 15 is 0 Å². The Kier molecular flexibility index (Phi) is 1.80. The van der Waals surface area contributed by atoms with E-state index in [1.807, 2.05) is 35.9 Å². The molecule has 0 spiro atoms. The first-order chi connectivity index (χ1) is 8.22. The van der Waals surface area contributed by atoms with Crippen molar-refractivity contribution in [2.24, 2.45) is 7.05 Å². The summed E-state index contributed by atoms with van der Waals surface area (Å²) in [5.74, 6) is 0. The van der Waals surface area contributed by atoms with Gasteiger partial charge in [0, 0.05) is 13.1 Å². The monoisotopic (exact) mass is 224 g/mol. The van der Waals surface area contributed by atoms with Gasteiger partial charge in [0.2, 0.25) is 0 Å². The van der Waals surface area contributed by atoms with E-state index in [0.29, 0.717) is 11.0 Å². The summed E-state index contributed by atoms with van der Waals surface area (Å²) < 4.78 is 3.12. The van der Waals surface area contributed by atoms with Gasteiger partial charge in [0.05, 0.1) is 10.9 Å². The predicted molar refractivity (Wildman–Crippen MR) is 62.7 cm³/mol. The van der Waals surface area contributed by atoms with Crippen molar-refractivity contribution >= 4 is 16.6 Å². The lowest BCUT2D eigenvalue weighted by atomic mass is 10.2. The summed E-state index contributed by atoms with van der Waals surface area (Å²) in [6.45, 7) is 0. The Bertz CT molecular complexity index is 835. The molecule has 17 heavy (non-hydrogen) atoms. The first kappa shape index (κ1) is 9.60. The molecule has 0 atom stereocenters. The van der Waals surface area contributed by atoms with Crippen molar-refractivity contribution in [3.05, 3.63) is 46.4 Å². The second-order valence-corrected chi connectivity index (χ2v) is 3.79. The Balaban J connectivity index is 2.67. The molecule has 0 N–H and O–H groups in total. The van der Waals surface area contributed by atoms with Gasteiger partial charge in [-0.05, 0) is 12.1 Å². The van der Waals surface area contributed by atoms with Gasteiger partial charge >= 0.3 is 0 Å². The van der Waals surface area contributed by atoms with Crippen LogP contribution in [0.5, 0.6) is 0 Å². The topological polar surface area (TPSA) is 63.1 Å². The molecule has 1 aromatic carbocycles. The van der Waals surface area contributed by atoms with Gasteiger partial charge in [0.25, 0.3) is 5.56 Å². The molecule has 0 unspecified atom stereocenters. The molecule has 0 radical (unpaired) electrons. The summed E-state index contributed by atoms with van der Waals surface area (Å²) in [6, 6.07) is 10.9. The highest BCUT2D eigenvalue weighted by molar-refractivity contribution is 5.80. The van der Waals surface area contributed by atoms with Crippen LogP contribution in [0.15, 0.2) is 35.1 Å². The van der Waals surface area contributed by atoms with Crippen LogP contribution in [0.1, 0.15) is 5.69 Å². The Morgan fingerprint density at radius 1 is 1.35 bits per heavy atom. The van der Waals surface area contributed by atoms with E-state index in [1.165, 1.54) is 4.52 Å². The number of nitrogens with zero attached hydrogens (tertiary/aromatic N) is 4. The van der Waals surface area contributed by atoms with E-state index in [2.05, 4.69) is 5.10 Å². The normalized spacial score (nSPS) is 10.8. The zero-order chi connectivity index (χ0) is 12.0. The molecule has 2 aromatic heterocycles. The quantitative estimate of drug-likeness (QED) is 0.573. The lowest BCUT2D eigenvalue weighted by molar-refractivity contribution is 0.853. The van der Waals surface area contributed by atoms with Crippen molar-refractivity contribution in [2.45, 2.75) is 0 Å². The summed E-state index contributed by atoms with van der Waals surface area (Å²) in [7, 11) is 1.85. The standard InChI is InChI=1S/C12H8N4O/c1-15-10-5-3-2-4-9(10)12(17)16-11(15)6-8(7-13)14-16/h2-6H,1H3. The number of para-hydroxylation sites is 1. The van der Waals surface area contributed by atoms with Crippen molar-refractivity contribution < 1.29 is 0 Å². The van der Waals surface area contributed by atoms with Crippen LogP contribution in [-0.4, -0.2) is 14.2 Å². The van der Waals surface area contributed by atoms with Crippen LogP contribution in [0.4, 0.5) is 0 Å². The molecular formula is C12H8N4O. The highest BCUT2D eigenvalue weighted by Crippen LogP contribution is 2.12. The molecule has 0 saturated carbocycles. The van der Waals surface area contributed by atoms with Crippen LogP contribution in [0.3, 0.4) is 0 Å². The van der Waals surface area contributed by atoms with E-state index in [4.69, 9.17) is 5.26 Å². The molecular weight excluding hydrogens is 216 g/mol. The molecule has 0 aliphatic carbocycles. The number of benzene rings is 1. The maximum Gasteiger partial charge on any atom is 0.282 e. The second kappa shape index (κ2) is 3.19.